The molecular weight excluding hydrogens is 252 g/mol. The minimum Gasteiger partial charge on any atom is -0.379 e. The Morgan fingerprint density at radius 2 is 1.65 bits per heavy atom. The molecule has 2 heterocycles. The van der Waals surface area contributed by atoms with Gasteiger partial charge in [-0.25, -0.2) is 0 Å². The number of benzene rings is 1. The predicted octanol–water partition coefficient (Wildman–Crippen LogP) is 1.68. The lowest BCUT2D eigenvalue weighted by Crippen LogP contribution is -2.46. The van der Waals surface area contributed by atoms with E-state index in [0.717, 1.165) is 57.8 Å². The average molecular weight is 274 g/mol. The number of hydrogen-bond acceptors (Lipinski definition) is 3. The van der Waals surface area contributed by atoms with Crippen molar-refractivity contribution >= 4 is 5.91 Å². The van der Waals surface area contributed by atoms with Crippen molar-refractivity contribution in [3.8, 4) is 0 Å². The van der Waals surface area contributed by atoms with Gasteiger partial charge >= 0.3 is 0 Å². The molecule has 2 saturated heterocycles. The van der Waals surface area contributed by atoms with E-state index >= 15 is 0 Å². The quantitative estimate of drug-likeness (QED) is 0.841. The van der Waals surface area contributed by atoms with Crippen molar-refractivity contribution in [3.63, 3.8) is 0 Å². The van der Waals surface area contributed by atoms with Crippen LogP contribution in [0.3, 0.4) is 0 Å². The SMILES string of the molecule is O=C(C(c1ccccc1)N1CCOCC1)N1CCCC1. The van der Waals surface area contributed by atoms with Gasteiger partial charge in [0.15, 0.2) is 0 Å². The number of hydrogen-bond donors (Lipinski definition) is 0. The van der Waals surface area contributed by atoms with Crippen LogP contribution in [-0.2, 0) is 9.53 Å². The maximum atomic E-state index is 12.9. The molecule has 1 atom stereocenters. The van der Waals surface area contributed by atoms with Crippen LogP contribution in [-0.4, -0.2) is 55.1 Å². The number of rotatable bonds is 3. The summed E-state index contributed by atoms with van der Waals surface area (Å²) in [6, 6.07) is 10.0. The fourth-order valence-corrected chi connectivity index (χ4v) is 3.09. The molecule has 2 aliphatic rings. The van der Waals surface area contributed by atoms with Crippen LogP contribution in [0.4, 0.5) is 0 Å². The molecule has 3 rings (SSSR count). The highest BCUT2D eigenvalue weighted by atomic mass is 16.5. The highest BCUT2D eigenvalue weighted by Crippen LogP contribution is 2.25. The van der Waals surface area contributed by atoms with Crippen molar-refractivity contribution in [3.05, 3.63) is 35.9 Å². The van der Waals surface area contributed by atoms with Crippen molar-refractivity contribution in [1.29, 1.82) is 0 Å². The molecule has 108 valence electrons. The van der Waals surface area contributed by atoms with Gasteiger partial charge in [0.05, 0.1) is 13.2 Å². The summed E-state index contributed by atoms with van der Waals surface area (Å²) in [5.74, 6) is 0.260. The second-order valence-electron chi connectivity index (χ2n) is 5.49. The summed E-state index contributed by atoms with van der Waals surface area (Å²) >= 11 is 0. The molecule has 1 amide bonds. The number of likely N-dealkylation sites (tertiary alicyclic amines) is 1. The fraction of sp³-hybridized carbons (Fsp3) is 0.562. The molecule has 2 fully saturated rings. The van der Waals surface area contributed by atoms with Gasteiger partial charge in [-0.1, -0.05) is 30.3 Å². The summed E-state index contributed by atoms with van der Waals surface area (Å²) in [5, 5.41) is 0. The largest absolute Gasteiger partial charge is 0.379 e. The average Bonchev–Trinajstić information content (AvgIpc) is 3.04. The van der Waals surface area contributed by atoms with Crippen LogP contribution >= 0.6 is 0 Å². The predicted molar refractivity (Wildman–Crippen MR) is 77.4 cm³/mol. The Bertz CT molecular complexity index is 437. The lowest BCUT2D eigenvalue weighted by atomic mass is 10.0. The van der Waals surface area contributed by atoms with Gasteiger partial charge in [0.2, 0.25) is 5.91 Å². The monoisotopic (exact) mass is 274 g/mol. The molecule has 20 heavy (non-hydrogen) atoms. The maximum absolute atomic E-state index is 12.9. The normalized spacial score (nSPS) is 21.9. The number of ether oxygens (including phenoxy) is 1. The molecule has 0 N–H and O–H groups in total. The summed E-state index contributed by atoms with van der Waals surface area (Å²) in [6.07, 6.45) is 2.27. The Balaban J connectivity index is 1.84. The number of carbonyl (C=O) groups is 1. The van der Waals surface area contributed by atoms with Crippen molar-refractivity contribution in [2.75, 3.05) is 39.4 Å². The summed E-state index contributed by atoms with van der Waals surface area (Å²) in [4.78, 5) is 17.2. The zero-order chi connectivity index (χ0) is 13.8. The Labute approximate surface area is 120 Å². The molecule has 4 heteroatoms. The minimum absolute atomic E-state index is 0.141. The van der Waals surface area contributed by atoms with Crippen LogP contribution in [0.25, 0.3) is 0 Å². The van der Waals surface area contributed by atoms with E-state index in [1.54, 1.807) is 0 Å². The van der Waals surface area contributed by atoms with E-state index in [4.69, 9.17) is 4.74 Å². The first-order chi connectivity index (χ1) is 9.86. The fourth-order valence-electron chi connectivity index (χ4n) is 3.09. The van der Waals surface area contributed by atoms with Crippen LogP contribution < -0.4 is 0 Å². The van der Waals surface area contributed by atoms with Gasteiger partial charge in [0.25, 0.3) is 0 Å². The first kappa shape index (κ1) is 13.6. The van der Waals surface area contributed by atoms with E-state index in [1.807, 2.05) is 23.1 Å². The van der Waals surface area contributed by atoms with Crippen LogP contribution in [0.15, 0.2) is 30.3 Å². The number of carbonyl (C=O) groups excluding carboxylic acids is 1. The zero-order valence-corrected chi connectivity index (χ0v) is 11.8. The molecule has 0 bridgehead atoms. The first-order valence-corrected chi connectivity index (χ1v) is 7.52. The maximum Gasteiger partial charge on any atom is 0.244 e. The Morgan fingerprint density at radius 1 is 1.00 bits per heavy atom. The smallest absolute Gasteiger partial charge is 0.244 e. The van der Waals surface area contributed by atoms with E-state index in [2.05, 4.69) is 17.0 Å². The lowest BCUT2D eigenvalue weighted by Gasteiger charge is -2.35. The molecule has 1 aromatic rings. The second kappa shape index (κ2) is 6.37. The summed E-state index contributed by atoms with van der Waals surface area (Å²) in [5.41, 5.74) is 1.10. The molecule has 0 radical (unpaired) electrons. The van der Waals surface area contributed by atoms with Gasteiger partial charge in [-0.05, 0) is 18.4 Å². The van der Waals surface area contributed by atoms with E-state index in [0.29, 0.717) is 0 Å². The Morgan fingerprint density at radius 3 is 2.30 bits per heavy atom. The number of amides is 1. The van der Waals surface area contributed by atoms with E-state index in [1.165, 1.54) is 0 Å². The van der Waals surface area contributed by atoms with E-state index in [-0.39, 0.29) is 11.9 Å². The van der Waals surface area contributed by atoms with Crippen molar-refractivity contribution in [2.24, 2.45) is 0 Å². The third-order valence-corrected chi connectivity index (χ3v) is 4.18. The zero-order valence-electron chi connectivity index (χ0n) is 11.8. The summed E-state index contributed by atoms with van der Waals surface area (Å²) in [6.45, 7) is 4.92. The highest BCUT2D eigenvalue weighted by molar-refractivity contribution is 5.83. The van der Waals surface area contributed by atoms with Crippen LogP contribution in [0.5, 0.6) is 0 Å². The Hall–Kier alpha value is -1.39. The topological polar surface area (TPSA) is 32.8 Å². The molecule has 4 nitrogen and oxygen atoms in total. The first-order valence-electron chi connectivity index (χ1n) is 7.52. The molecule has 0 spiro atoms. The molecule has 1 aromatic carbocycles. The third kappa shape index (κ3) is 2.86. The number of nitrogens with zero attached hydrogens (tertiary/aromatic N) is 2. The van der Waals surface area contributed by atoms with Crippen molar-refractivity contribution < 1.29 is 9.53 Å². The number of morpholine rings is 1. The minimum atomic E-state index is -0.141. The van der Waals surface area contributed by atoms with Crippen molar-refractivity contribution in [2.45, 2.75) is 18.9 Å². The van der Waals surface area contributed by atoms with Gasteiger partial charge in [-0.3, -0.25) is 9.69 Å². The van der Waals surface area contributed by atoms with Gasteiger partial charge in [-0.15, -0.1) is 0 Å². The summed E-state index contributed by atoms with van der Waals surface area (Å²) < 4.78 is 5.42. The molecule has 0 aromatic heterocycles. The molecule has 1 unspecified atom stereocenters. The lowest BCUT2D eigenvalue weighted by molar-refractivity contribution is -0.138. The van der Waals surface area contributed by atoms with Crippen LogP contribution in [0.1, 0.15) is 24.4 Å². The highest BCUT2D eigenvalue weighted by Gasteiger charge is 2.33. The van der Waals surface area contributed by atoms with Gasteiger partial charge in [-0.2, -0.15) is 0 Å². The standard InChI is InChI=1S/C16H22N2O2/c19-16(18-8-4-5-9-18)15(14-6-2-1-3-7-14)17-10-12-20-13-11-17/h1-3,6-7,15H,4-5,8-13H2. The van der Waals surface area contributed by atoms with Gasteiger partial charge in [0.1, 0.15) is 6.04 Å². The van der Waals surface area contributed by atoms with E-state index in [9.17, 15) is 4.79 Å². The molecular formula is C16H22N2O2. The molecule has 0 aliphatic carbocycles. The summed E-state index contributed by atoms with van der Waals surface area (Å²) in [7, 11) is 0. The van der Waals surface area contributed by atoms with E-state index < -0.39 is 0 Å². The third-order valence-electron chi connectivity index (χ3n) is 4.18. The van der Waals surface area contributed by atoms with Gasteiger partial charge in [0, 0.05) is 26.2 Å². The van der Waals surface area contributed by atoms with Gasteiger partial charge < -0.3 is 9.64 Å². The Kier molecular flexibility index (Phi) is 4.33. The van der Waals surface area contributed by atoms with Crippen LogP contribution in [0.2, 0.25) is 0 Å². The molecule has 2 aliphatic heterocycles. The van der Waals surface area contributed by atoms with Crippen molar-refractivity contribution in [1.82, 2.24) is 9.80 Å². The molecule has 0 saturated carbocycles. The second-order valence-corrected chi connectivity index (χ2v) is 5.49. The van der Waals surface area contributed by atoms with Crippen LogP contribution in [0, 0.1) is 0 Å².